The highest BCUT2D eigenvalue weighted by Crippen LogP contribution is 2.18. The summed E-state index contributed by atoms with van der Waals surface area (Å²) in [5, 5.41) is 12.6. The molecule has 18 heavy (non-hydrogen) atoms. The Balaban J connectivity index is 1.88. The first-order valence-corrected chi connectivity index (χ1v) is 6.35. The summed E-state index contributed by atoms with van der Waals surface area (Å²) in [5.74, 6) is 0.992. The van der Waals surface area contributed by atoms with Crippen molar-refractivity contribution in [3.8, 4) is 0 Å². The first-order valence-electron chi connectivity index (χ1n) is 6.35. The van der Waals surface area contributed by atoms with E-state index < -0.39 is 6.10 Å². The standard InChI is InChI=1S/C13H20N2O3/c1-9-5-6-15(8-11(9)16)13(17)14-10(2)12-4-3-7-18-12/h3-4,7,9-11,16H,5-6,8H2,1-2H3,(H,14,17). The lowest BCUT2D eigenvalue weighted by atomic mass is 9.96. The predicted molar refractivity (Wildman–Crippen MR) is 67.0 cm³/mol. The van der Waals surface area contributed by atoms with Crippen LogP contribution in [0.15, 0.2) is 22.8 Å². The Morgan fingerprint density at radius 3 is 3.06 bits per heavy atom. The fraction of sp³-hybridized carbons (Fsp3) is 0.615. The van der Waals surface area contributed by atoms with Crippen LogP contribution in [0.2, 0.25) is 0 Å². The van der Waals surface area contributed by atoms with Crippen molar-refractivity contribution in [2.45, 2.75) is 32.4 Å². The van der Waals surface area contributed by atoms with Gasteiger partial charge in [0.15, 0.2) is 0 Å². The fourth-order valence-corrected chi connectivity index (χ4v) is 2.12. The number of aliphatic hydroxyl groups is 1. The summed E-state index contributed by atoms with van der Waals surface area (Å²) in [5.41, 5.74) is 0. The monoisotopic (exact) mass is 252 g/mol. The van der Waals surface area contributed by atoms with Gasteiger partial charge >= 0.3 is 6.03 Å². The third-order valence-corrected chi connectivity index (χ3v) is 3.52. The molecule has 1 aliphatic heterocycles. The van der Waals surface area contributed by atoms with Gasteiger partial charge in [0.25, 0.3) is 0 Å². The Labute approximate surface area is 107 Å². The van der Waals surface area contributed by atoms with Gasteiger partial charge in [-0.05, 0) is 31.4 Å². The van der Waals surface area contributed by atoms with E-state index in [1.807, 2.05) is 19.9 Å². The summed E-state index contributed by atoms with van der Waals surface area (Å²) in [7, 11) is 0. The number of likely N-dealkylation sites (tertiary alicyclic amines) is 1. The van der Waals surface area contributed by atoms with Crippen molar-refractivity contribution in [3.05, 3.63) is 24.2 Å². The van der Waals surface area contributed by atoms with Crippen LogP contribution in [0.1, 0.15) is 32.1 Å². The van der Waals surface area contributed by atoms with Gasteiger partial charge < -0.3 is 19.7 Å². The molecular weight excluding hydrogens is 232 g/mol. The molecule has 100 valence electrons. The first-order chi connectivity index (χ1) is 8.58. The van der Waals surface area contributed by atoms with Gasteiger partial charge in [-0.1, -0.05) is 6.92 Å². The number of carbonyl (C=O) groups is 1. The number of nitrogens with one attached hydrogen (secondary N) is 1. The number of hydrogen-bond donors (Lipinski definition) is 2. The smallest absolute Gasteiger partial charge is 0.318 e. The Morgan fingerprint density at radius 1 is 1.67 bits per heavy atom. The predicted octanol–water partition coefficient (Wildman–Crippen LogP) is 1.75. The Kier molecular flexibility index (Phi) is 3.91. The number of furan rings is 1. The van der Waals surface area contributed by atoms with Crippen molar-refractivity contribution in [3.63, 3.8) is 0 Å². The minimum Gasteiger partial charge on any atom is -0.467 e. The van der Waals surface area contributed by atoms with Gasteiger partial charge in [0.2, 0.25) is 0 Å². The molecule has 2 amide bonds. The second-order valence-corrected chi connectivity index (χ2v) is 4.97. The summed E-state index contributed by atoms with van der Waals surface area (Å²) in [6.07, 6.45) is 2.00. The molecule has 1 aliphatic rings. The molecule has 5 nitrogen and oxygen atoms in total. The van der Waals surface area contributed by atoms with Gasteiger partial charge in [-0.25, -0.2) is 4.79 Å². The van der Waals surface area contributed by atoms with Crippen LogP contribution in [-0.4, -0.2) is 35.2 Å². The van der Waals surface area contributed by atoms with Crippen LogP contribution < -0.4 is 5.32 Å². The van der Waals surface area contributed by atoms with E-state index in [4.69, 9.17) is 4.42 Å². The number of urea groups is 1. The van der Waals surface area contributed by atoms with Crippen molar-refractivity contribution >= 4 is 6.03 Å². The average Bonchev–Trinajstić information content (AvgIpc) is 2.86. The first kappa shape index (κ1) is 13.0. The van der Waals surface area contributed by atoms with Gasteiger partial charge in [-0.15, -0.1) is 0 Å². The lowest BCUT2D eigenvalue weighted by Gasteiger charge is -2.34. The van der Waals surface area contributed by atoms with Crippen molar-refractivity contribution in [2.75, 3.05) is 13.1 Å². The number of aliphatic hydroxyl groups excluding tert-OH is 1. The zero-order valence-corrected chi connectivity index (χ0v) is 10.8. The molecule has 5 heteroatoms. The molecule has 2 rings (SSSR count). The summed E-state index contributed by atoms with van der Waals surface area (Å²) < 4.78 is 5.24. The van der Waals surface area contributed by atoms with E-state index in [1.54, 1.807) is 17.2 Å². The molecule has 0 saturated carbocycles. The van der Waals surface area contributed by atoms with Crippen molar-refractivity contribution in [1.82, 2.24) is 10.2 Å². The van der Waals surface area contributed by atoms with E-state index in [9.17, 15) is 9.90 Å². The molecular formula is C13H20N2O3. The lowest BCUT2D eigenvalue weighted by molar-refractivity contribution is 0.0429. The maximum atomic E-state index is 12.0. The van der Waals surface area contributed by atoms with E-state index in [0.717, 1.165) is 12.2 Å². The zero-order valence-electron chi connectivity index (χ0n) is 10.8. The maximum absolute atomic E-state index is 12.0. The number of β-amino-alcohol motifs (C(OH)–C–C–N with tert-alkyl or cyclic N) is 1. The van der Waals surface area contributed by atoms with E-state index >= 15 is 0 Å². The minimum absolute atomic E-state index is 0.148. The Bertz CT molecular complexity index is 391. The Hall–Kier alpha value is -1.49. The normalized spacial score (nSPS) is 25.8. The highest BCUT2D eigenvalue weighted by molar-refractivity contribution is 5.74. The lowest BCUT2D eigenvalue weighted by Crippen LogP contribution is -2.50. The van der Waals surface area contributed by atoms with Crippen LogP contribution in [0, 0.1) is 5.92 Å². The van der Waals surface area contributed by atoms with Gasteiger partial charge in [0.1, 0.15) is 5.76 Å². The number of hydrogen-bond acceptors (Lipinski definition) is 3. The number of nitrogens with zero attached hydrogens (tertiary/aromatic N) is 1. The third kappa shape index (κ3) is 2.85. The molecule has 0 spiro atoms. The second-order valence-electron chi connectivity index (χ2n) is 4.97. The van der Waals surface area contributed by atoms with Crippen LogP contribution in [0.5, 0.6) is 0 Å². The molecule has 3 atom stereocenters. The molecule has 1 aromatic rings. The van der Waals surface area contributed by atoms with Crippen LogP contribution in [0.3, 0.4) is 0 Å². The third-order valence-electron chi connectivity index (χ3n) is 3.52. The van der Waals surface area contributed by atoms with Gasteiger partial charge in [-0.3, -0.25) is 0 Å². The van der Waals surface area contributed by atoms with Gasteiger partial charge in [0.05, 0.1) is 18.4 Å². The molecule has 0 aliphatic carbocycles. The number of piperidine rings is 1. The van der Waals surface area contributed by atoms with Crippen LogP contribution in [0.4, 0.5) is 4.79 Å². The zero-order chi connectivity index (χ0) is 13.1. The van der Waals surface area contributed by atoms with Crippen LogP contribution >= 0.6 is 0 Å². The molecule has 1 saturated heterocycles. The molecule has 1 aromatic heterocycles. The number of carbonyl (C=O) groups excluding carboxylic acids is 1. The average molecular weight is 252 g/mol. The topological polar surface area (TPSA) is 65.7 Å². The summed E-state index contributed by atoms with van der Waals surface area (Å²) in [6, 6.07) is 3.32. The van der Waals surface area contributed by atoms with Crippen molar-refractivity contribution in [2.24, 2.45) is 5.92 Å². The van der Waals surface area contributed by atoms with E-state index in [-0.39, 0.29) is 18.0 Å². The molecule has 0 bridgehead atoms. The quantitative estimate of drug-likeness (QED) is 0.842. The fourth-order valence-electron chi connectivity index (χ4n) is 2.12. The van der Waals surface area contributed by atoms with Crippen molar-refractivity contribution in [1.29, 1.82) is 0 Å². The largest absolute Gasteiger partial charge is 0.467 e. The maximum Gasteiger partial charge on any atom is 0.318 e. The van der Waals surface area contributed by atoms with Crippen molar-refractivity contribution < 1.29 is 14.3 Å². The van der Waals surface area contributed by atoms with E-state index in [1.165, 1.54) is 0 Å². The molecule has 0 radical (unpaired) electrons. The van der Waals surface area contributed by atoms with Crippen LogP contribution in [-0.2, 0) is 0 Å². The SMILES string of the molecule is CC(NC(=O)N1CCC(C)C(O)C1)c1ccco1. The minimum atomic E-state index is -0.427. The highest BCUT2D eigenvalue weighted by Gasteiger charge is 2.28. The highest BCUT2D eigenvalue weighted by atomic mass is 16.3. The molecule has 1 fully saturated rings. The van der Waals surface area contributed by atoms with Crippen LogP contribution in [0.25, 0.3) is 0 Å². The van der Waals surface area contributed by atoms with E-state index in [2.05, 4.69) is 5.32 Å². The molecule has 0 aromatic carbocycles. The number of amides is 2. The Morgan fingerprint density at radius 2 is 2.44 bits per heavy atom. The summed E-state index contributed by atoms with van der Waals surface area (Å²) in [4.78, 5) is 13.7. The summed E-state index contributed by atoms with van der Waals surface area (Å²) in [6.45, 7) is 4.97. The van der Waals surface area contributed by atoms with E-state index in [0.29, 0.717) is 13.1 Å². The van der Waals surface area contributed by atoms with Gasteiger partial charge in [0, 0.05) is 13.1 Å². The second kappa shape index (κ2) is 5.44. The van der Waals surface area contributed by atoms with Gasteiger partial charge in [-0.2, -0.15) is 0 Å². The molecule has 2 N–H and O–H groups in total. The number of rotatable bonds is 2. The molecule has 2 heterocycles. The molecule has 3 unspecified atom stereocenters. The summed E-state index contributed by atoms with van der Waals surface area (Å²) >= 11 is 0.